The van der Waals surface area contributed by atoms with E-state index in [1.54, 1.807) is 7.11 Å². The van der Waals surface area contributed by atoms with Crippen molar-refractivity contribution in [3.05, 3.63) is 29.8 Å². The Morgan fingerprint density at radius 3 is 2.89 bits per heavy atom. The number of methoxy groups -OCH3 is 1. The molecule has 4 nitrogen and oxygen atoms in total. The number of nitrogens with one attached hydrogen (secondary N) is 1. The summed E-state index contributed by atoms with van der Waals surface area (Å²) < 4.78 is 5.06. The highest BCUT2D eigenvalue weighted by Gasteiger charge is 2.02. The van der Waals surface area contributed by atoms with Crippen LogP contribution < -0.4 is 11.1 Å². The van der Waals surface area contributed by atoms with Crippen LogP contribution in [0.25, 0.3) is 0 Å². The molecule has 0 saturated carbocycles. The van der Waals surface area contributed by atoms with Crippen molar-refractivity contribution in [3.63, 3.8) is 0 Å². The van der Waals surface area contributed by atoms with E-state index in [1.807, 2.05) is 24.3 Å². The van der Waals surface area contributed by atoms with Gasteiger partial charge in [-0.3, -0.25) is 4.79 Å². The molecule has 1 rings (SSSR count). The van der Waals surface area contributed by atoms with E-state index in [0.29, 0.717) is 19.6 Å². The van der Waals surface area contributed by atoms with Crippen LogP contribution >= 0.6 is 0 Å². The Hall–Kier alpha value is -1.39. The Kier molecular flexibility index (Phi) is 7.06. The minimum atomic E-state index is 0.0570. The fraction of sp³-hybridized carbons (Fsp3) is 0.500. The molecule has 0 spiro atoms. The third kappa shape index (κ3) is 5.80. The maximum atomic E-state index is 11.7. The van der Waals surface area contributed by atoms with E-state index in [4.69, 9.17) is 10.5 Å². The largest absolute Gasteiger partial charge is 0.380 e. The number of ether oxygens (including phenoxy) is 1. The number of hydrogen-bond donors (Lipinski definition) is 2. The quantitative estimate of drug-likeness (QED) is 0.696. The number of anilines is 1. The van der Waals surface area contributed by atoms with Crippen LogP contribution in [0, 0.1) is 0 Å². The van der Waals surface area contributed by atoms with Gasteiger partial charge in [0.1, 0.15) is 0 Å². The number of benzene rings is 1. The molecule has 0 aliphatic carbocycles. The van der Waals surface area contributed by atoms with Gasteiger partial charge in [-0.25, -0.2) is 0 Å². The second-order valence-electron chi connectivity index (χ2n) is 4.28. The normalized spacial score (nSPS) is 10.3. The van der Waals surface area contributed by atoms with Crippen LogP contribution in [0.4, 0.5) is 5.69 Å². The van der Waals surface area contributed by atoms with Gasteiger partial charge in [0.05, 0.1) is 6.61 Å². The molecule has 0 unspecified atom stereocenters. The standard InChI is InChI=1S/C14H22N2O2/c1-18-11-12-6-5-7-13(10-12)16-14(17)8-3-2-4-9-15/h5-7,10H,2-4,8-9,11,15H2,1H3,(H,16,17). The van der Waals surface area contributed by atoms with Gasteiger partial charge in [-0.15, -0.1) is 0 Å². The van der Waals surface area contributed by atoms with Crippen molar-refractivity contribution >= 4 is 11.6 Å². The lowest BCUT2D eigenvalue weighted by atomic mass is 10.1. The molecule has 1 aromatic rings. The van der Waals surface area contributed by atoms with E-state index in [1.165, 1.54) is 0 Å². The summed E-state index contributed by atoms with van der Waals surface area (Å²) in [4.78, 5) is 11.7. The van der Waals surface area contributed by atoms with Gasteiger partial charge in [-0.2, -0.15) is 0 Å². The van der Waals surface area contributed by atoms with Crippen LogP contribution in [0.1, 0.15) is 31.2 Å². The fourth-order valence-corrected chi connectivity index (χ4v) is 1.74. The van der Waals surface area contributed by atoms with Crippen molar-refractivity contribution in [3.8, 4) is 0 Å². The summed E-state index contributed by atoms with van der Waals surface area (Å²) in [6, 6.07) is 7.71. The monoisotopic (exact) mass is 250 g/mol. The molecule has 0 saturated heterocycles. The van der Waals surface area contributed by atoms with Crippen molar-refractivity contribution in [2.24, 2.45) is 5.73 Å². The van der Waals surface area contributed by atoms with Gasteiger partial charge >= 0.3 is 0 Å². The molecule has 4 heteroatoms. The highest BCUT2D eigenvalue weighted by molar-refractivity contribution is 5.90. The summed E-state index contributed by atoms with van der Waals surface area (Å²) in [5.74, 6) is 0.0570. The van der Waals surface area contributed by atoms with Gasteiger partial charge in [0.25, 0.3) is 0 Å². The molecule has 0 atom stereocenters. The first kappa shape index (κ1) is 14.7. The van der Waals surface area contributed by atoms with Crippen molar-refractivity contribution in [1.29, 1.82) is 0 Å². The lowest BCUT2D eigenvalue weighted by Crippen LogP contribution is -2.11. The maximum Gasteiger partial charge on any atom is 0.224 e. The molecule has 1 amide bonds. The number of rotatable bonds is 8. The zero-order valence-corrected chi connectivity index (χ0v) is 10.9. The van der Waals surface area contributed by atoms with Crippen LogP contribution in [0.3, 0.4) is 0 Å². The summed E-state index contributed by atoms with van der Waals surface area (Å²) in [6.45, 7) is 1.25. The van der Waals surface area contributed by atoms with Gasteiger partial charge < -0.3 is 15.8 Å². The van der Waals surface area contributed by atoms with Crippen LogP contribution in [-0.4, -0.2) is 19.6 Å². The first-order valence-electron chi connectivity index (χ1n) is 6.34. The molecule has 0 heterocycles. The highest BCUT2D eigenvalue weighted by Crippen LogP contribution is 2.12. The topological polar surface area (TPSA) is 64.3 Å². The minimum Gasteiger partial charge on any atom is -0.380 e. The van der Waals surface area contributed by atoms with E-state index >= 15 is 0 Å². The molecule has 100 valence electrons. The Morgan fingerprint density at radius 2 is 2.17 bits per heavy atom. The lowest BCUT2D eigenvalue weighted by Gasteiger charge is -2.07. The molecule has 0 aliphatic heterocycles. The minimum absolute atomic E-state index is 0.0570. The van der Waals surface area contributed by atoms with E-state index in [2.05, 4.69) is 5.32 Å². The third-order valence-electron chi connectivity index (χ3n) is 2.63. The van der Waals surface area contributed by atoms with Gasteiger partial charge in [-0.1, -0.05) is 18.6 Å². The molecule has 0 bridgehead atoms. The maximum absolute atomic E-state index is 11.7. The van der Waals surface area contributed by atoms with Gasteiger partial charge in [0, 0.05) is 19.2 Å². The molecule has 1 aromatic carbocycles. The molecule has 0 aromatic heterocycles. The van der Waals surface area contributed by atoms with Crippen LogP contribution in [-0.2, 0) is 16.1 Å². The summed E-state index contributed by atoms with van der Waals surface area (Å²) in [5.41, 5.74) is 7.28. The Bertz CT molecular complexity index is 367. The Labute approximate surface area is 109 Å². The second-order valence-corrected chi connectivity index (χ2v) is 4.28. The first-order valence-corrected chi connectivity index (χ1v) is 6.34. The molecule has 0 aliphatic rings. The summed E-state index contributed by atoms with van der Waals surface area (Å²) in [5, 5.41) is 2.89. The van der Waals surface area contributed by atoms with Crippen molar-refractivity contribution in [2.75, 3.05) is 19.0 Å². The van der Waals surface area contributed by atoms with Gasteiger partial charge in [0.15, 0.2) is 0 Å². The van der Waals surface area contributed by atoms with Crippen molar-refractivity contribution in [2.45, 2.75) is 32.3 Å². The zero-order valence-electron chi connectivity index (χ0n) is 10.9. The lowest BCUT2D eigenvalue weighted by molar-refractivity contribution is -0.116. The SMILES string of the molecule is COCc1cccc(NC(=O)CCCCCN)c1. The summed E-state index contributed by atoms with van der Waals surface area (Å²) in [7, 11) is 1.66. The molecule has 3 N–H and O–H groups in total. The Balaban J connectivity index is 2.36. The van der Waals surface area contributed by atoms with E-state index in [-0.39, 0.29) is 5.91 Å². The fourth-order valence-electron chi connectivity index (χ4n) is 1.74. The van der Waals surface area contributed by atoms with Crippen LogP contribution in [0.2, 0.25) is 0 Å². The predicted octanol–water partition coefficient (Wildman–Crippen LogP) is 2.29. The molecular formula is C14H22N2O2. The van der Waals surface area contributed by atoms with E-state index in [0.717, 1.165) is 30.5 Å². The van der Waals surface area contributed by atoms with Gasteiger partial charge in [-0.05, 0) is 37.1 Å². The number of unbranched alkanes of at least 4 members (excludes halogenated alkanes) is 2. The molecule has 18 heavy (non-hydrogen) atoms. The Morgan fingerprint density at radius 1 is 1.33 bits per heavy atom. The van der Waals surface area contributed by atoms with Gasteiger partial charge in [0.2, 0.25) is 5.91 Å². The number of carbonyl (C=O) groups excluding carboxylic acids is 1. The van der Waals surface area contributed by atoms with E-state index < -0.39 is 0 Å². The third-order valence-corrected chi connectivity index (χ3v) is 2.63. The number of hydrogen-bond acceptors (Lipinski definition) is 3. The molecule has 0 fully saturated rings. The summed E-state index contributed by atoms with van der Waals surface area (Å²) >= 11 is 0. The number of amides is 1. The first-order chi connectivity index (χ1) is 8.76. The average Bonchev–Trinajstić information content (AvgIpc) is 2.35. The van der Waals surface area contributed by atoms with E-state index in [9.17, 15) is 4.79 Å². The number of carbonyl (C=O) groups is 1. The smallest absolute Gasteiger partial charge is 0.224 e. The van der Waals surface area contributed by atoms with Crippen molar-refractivity contribution in [1.82, 2.24) is 0 Å². The molecule has 0 radical (unpaired) electrons. The molecular weight excluding hydrogens is 228 g/mol. The van der Waals surface area contributed by atoms with Crippen LogP contribution in [0.5, 0.6) is 0 Å². The zero-order chi connectivity index (χ0) is 13.2. The number of nitrogens with two attached hydrogens (primary N) is 1. The van der Waals surface area contributed by atoms with Crippen LogP contribution in [0.15, 0.2) is 24.3 Å². The van der Waals surface area contributed by atoms with Crippen molar-refractivity contribution < 1.29 is 9.53 Å². The highest BCUT2D eigenvalue weighted by atomic mass is 16.5. The average molecular weight is 250 g/mol. The predicted molar refractivity (Wildman–Crippen MR) is 73.3 cm³/mol. The summed E-state index contributed by atoms with van der Waals surface area (Å²) in [6.07, 6.45) is 3.43. The second kappa shape index (κ2) is 8.66.